The molecule has 1 amide bonds. The lowest BCUT2D eigenvalue weighted by molar-refractivity contribution is -0.118. The highest BCUT2D eigenvalue weighted by Gasteiger charge is 2.11. The maximum Gasteiger partial charge on any atom is 0.230 e. The number of benzene rings is 1. The van der Waals surface area contributed by atoms with Crippen LogP contribution in [0.3, 0.4) is 0 Å². The zero-order valence-corrected chi connectivity index (χ0v) is 14.0. The van der Waals surface area contributed by atoms with Gasteiger partial charge in [0, 0.05) is 26.3 Å². The van der Waals surface area contributed by atoms with Gasteiger partial charge < -0.3 is 14.6 Å². The molecule has 5 nitrogen and oxygen atoms in total. The van der Waals surface area contributed by atoms with Crippen molar-refractivity contribution in [1.82, 2.24) is 14.9 Å². The number of aromatic nitrogens is 2. The number of rotatable bonds is 9. The molecule has 1 heterocycles. The summed E-state index contributed by atoms with van der Waals surface area (Å²) in [5, 5.41) is 3.80. The Morgan fingerprint density at radius 1 is 1.36 bits per heavy atom. The quantitative estimate of drug-likeness (QED) is 0.570. The second kappa shape index (κ2) is 8.80. The summed E-state index contributed by atoms with van der Waals surface area (Å²) in [5.74, 6) is 0.425. The van der Waals surface area contributed by atoms with E-state index in [0.29, 0.717) is 18.9 Å². The first-order chi connectivity index (χ1) is 10.8. The number of imidazole rings is 1. The molecule has 6 heteroatoms. The molecule has 2 aromatic rings. The molecule has 22 heavy (non-hydrogen) atoms. The molecular formula is C16H23N3O2S. The SMILES string of the molecule is CCOCCCNC(=O)CSc1nc2ccccc2n1CC. The van der Waals surface area contributed by atoms with Crippen LogP contribution in [0.15, 0.2) is 29.4 Å². The van der Waals surface area contributed by atoms with Crippen molar-refractivity contribution in [2.24, 2.45) is 0 Å². The summed E-state index contributed by atoms with van der Waals surface area (Å²) in [4.78, 5) is 16.5. The van der Waals surface area contributed by atoms with Gasteiger partial charge in [-0.15, -0.1) is 0 Å². The van der Waals surface area contributed by atoms with E-state index in [1.165, 1.54) is 11.8 Å². The number of fused-ring (bicyclic) bond motifs is 1. The number of nitrogens with zero attached hydrogens (tertiary/aromatic N) is 2. The van der Waals surface area contributed by atoms with Gasteiger partial charge in [-0.1, -0.05) is 23.9 Å². The molecule has 1 N–H and O–H groups in total. The topological polar surface area (TPSA) is 56.1 Å². The first kappa shape index (κ1) is 16.8. The lowest BCUT2D eigenvalue weighted by Crippen LogP contribution is -2.27. The highest BCUT2D eigenvalue weighted by atomic mass is 32.2. The van der Waals surface area contributed by atoms with Crippen LogP contribution in [0.4, 0.5) is 0 Å². The van der Waals surface area contributed by atoms with Crippen LogP contribution in [0.5, 0.6) is 0 Å². The fraction of sp³-hybridized carbons (Fsp3) is 0.500. The van der Waals surface area contributed by atoms with Crippen molar-refractivity contribution >= 4 is 28.7 Å². The largest absolute Gasteiger partial charge is 0.382 e. The Morgan fingerprint density at radius 2 is 2.18 bits per heavy atom. The van der Waals surface area contributed by atoms with Crippen LogP contribution >= 0.6 is 11.8 Å². The average molecular weight is 321 g/mol. The summed E-state index contributed by atoms with van der Waals surface area (Å²) in [7, 11) is 0. The lowest BCUT2D eigenvalue weighted by atomic mass is 10.3. The van der Waals surface area contributed by atoms with Crippen molar-refractivity contribution in [3.05, 3.63) is 24.3 Å². The molecule has 120 valence electrons. The fourth-order valence-corrected chi connectivity index (χ4v) is 3.11. The second-order valence-electron chi connectivity index (χ2n) is 4.82. The molecule has 1 aromatic carbocycles. The number of hydrogen-bond acceptors (Lipinski definition) is 4. The lowest BCUT2D eigenvalue weighted by Gasteiger charge is -2.07. The van der Waals surface area contributed by atoms with Crippen molar-refractivity contribution in [3.63, 3.8) is 0 Å². The minimum absolute atomic E-state index is 0.0382. The van der Waals surface area contributed by atoms with E-state index in [-0.39, 0.29) is 5.91 Å². The van der Waals surface area contributed by atoms with Crippen molar-refractivity contribution in [1.29, 1.82) is 0 Å². The average Bonchev–Trinajstić information content (AvgIpc) is 2.90. The number of thioether (sulfide) groups is 1. The van der Waals surface area contributed by atoms with Gasteiger partial charge in [-0.2, -0.15) is 0 Å². The molecular weight excluding hydrogens is 298 g/mol. The third-order valence-electron chi connectivity index (χ3n) is 3.26. The maximum atomic E-state index is 11.9. The molecule has 0 saturated heterocycles. The van der Waals surface area contributed by atoms with Gasteiger partial charge in [0.2, 0.25) is 5.91 Å². The van der Waals surface area contributed by atoms with Crippen LogP contribution in [0, 0.1) is 0 Å². The van der Waals surface area contributed by atoms with Gasteiger partial charge in [0.1, 0.15) is 0 Å². The molecule has 0 spiro atoms. The van der Waals surface area contributed by atoms with Crippen LogP contribution in [0.25, 0.3) is 11.0 Å². The van der Waals surface area contributed by atoms with Crippen LogP contribution in [0.2, 0.25) is 0 Å². The molecule has 0 fully saturated rings. The van der Waals surface area contributed by atoms with Gasteiger partial charge in [-0.25, -0.2) is 4.98 Å². The predicted octanol–water partition coefficient (Wildman–Crippen LogP) is 2.69. The van der Waals surface area contributed by atoms with Gasteiger partial charge >= 0.3 is 0 Å². The Labute approximate surface area is 135 Å². The number of nitrogens with one attached hydrogen (secondary N) is 1. The maximum absolute atomic E-state index is 11.9. The molecule has 0 saturated carbocycles. The zero-order chi connectivity index (χ0) is 15.8. The highest BCUT2D eigenvalue weighted by Crippen LogP contribution is 2.23. The predicted molar refractivity (Wildman–Crippen MR) is 90.3 cm³/mol. The third-order valence-corrected chi connectivity index (χ3v) is 4.24. The number of para-hydroxylation sites is 2. The van der Waals surface area contributed by atoms with E-state index in [0.717, 1.165) is 35.8 Å². The standard InChI is InChI=1S/C16H23N3O2S/c1-3-19-14-9-6-5-8-13(14)18-16(19)22-12-15(20)17-10-7-11-21-4-2/h5-6,8-9H,3-4,7,10-12H2,1-2H3,(H,17,20). The Balaban J connectivity index is 1.85. The number of aryl methyl sites for hydroxylation is 1. The van der Waals surface area contributed by atoms with Crippen molar-refractivity contribution in [2.75, 3.05) is 25.5 Å². The van der Waals surface area contributed by atoms with Gasteiger partial charge in [0.25, 0.3) is 0 Å². The number of carbonyl (C=O) groups excluding carboxylic acids is 1. The first-order valence-electron chi connectivity index (χ1n) is 7.68. The Kier molecular flexibility index (Phi) is 6.74. The first-order valence-corrected chi connectivity index (χ1v) is 8.67. The van der Waals surface area contributed by atoms with Crippen molar-refractivity contribution < 1.29 is 9.53 Å². The monoisotopic (exact) mass is 321 g/mol. The molecule has 0 radical (unpaired) electrons. The fourth-order valence-electron chi connectivity index (χ4n) is 2.20. The highest BCUT2D eigenvalue weighted by molar-refractivity contribution is 7.99. The Hall–Kier alpha value is -1.53. The Morgan fingerprint density at radius 3 is 2.95 bits per heavy atom. The summed E-state index contributed by atoms with van der Waals surface area (Å²) >= 11 is 1.48. The van der Waals surface area contributed by atoms with E-state index in [9.17, 15) is 4.79 Å². The molecule has 0 bridgehead atoms. The second-order valence-corrected chi connectivity index (χ2v) is 5.76. The normalized spacial score (nSPS) is 11.0. The van der Waals surface area contributed by atoms with E-state index in [1.807, 2.05) is 25.1 Å². The summed E-state index contributed by atoms with van der Waals surface area (Å²) in [6, 6.07) is 8.05. The van der Waals surface area contributed by atoms with Crippen LogP contribution < -0.4 is 5.32 Å². The molecule has 1 aromatic heterocycles. The summed E-state index contributed by atoms with van der Waals surface area (Å²) in [6.45, 7) is 6.97. The van der Waals surface area contributed by atoms with E-state index in [1.54, 1.807) is 0 Å². The van der Waals surface area contributed by atoms with Gasteiger partial charge in [-0.3, -0.25) is 4.79 Å². The number of carbonyl (C=O) groups is 1. The summed E-state index contributed by atoms with van der Waals surface area (Å²) in [6.07, 6.45) is 0.845. The minimum Gasteiger partial charge on any atom is -0.382 e. The smallest absolute Gasteiger partial charge is 0.230 e. The van der Waals surface area contributed by atoms with E-state index < -0.39 is 0 Å². The molecule has 2 rings (SSSR count). The molecule has 0 atom stereocenters. The molecule has 0 unspecified atom stereocenters. The number of ether oxygens (including phenoxy) is 1. The number of amides is 1. The number of hydrogen-bond donors (Lipinski definition) is 1. The minimum atomic E-state index is 0.0382. The Bertz CT molecular complexity index is 612. The van der Waals surface area contributed by atoms with Gasteiger partial charge in [-0.05, 0) is 32.4 Å². The van der Waals surface area contributed by atoms with Crippen molar-refractivity contribution in [3.8, 4) is 0 Å². The van der Waals surface area contributed by atoms with E-state index in [4.69, 9.17) is 4.74 Å². The van der Waals surface area contributed by atoms with Crippen molar-refractivity contribution in [2.45, 2.75) is 32.0 Å². The van der Waals surface area contributed by atoms with E-state index >= 15 is 0 Å². The molecule has 0 aliphatic heterocycles. The van der Waals surface area contributed by atoms with Gasteiger partial charge in [0.05, 0.1) is 16.8 Å². The van der Waals surface area contributed by atoms with Crippen LogP contribution in [-0.4, -0.2) is 41.0 Å². The molecule has 0 aliphatic carbocycles. The summed E-state index contributed by atoms with van der Waals surface area (Å²) in [5.41, 5.74) is 2.09. The summed E-state index contributed by atoms with van der Waals surface area (Å²) < 4.78 is 7.38. The van der Waals surface area contributed by atoms with Crippen LogP contribution in [0.1, 0.15) is 20.3 Å². The molecule has 0 aliphatic rings. The van der Waals surface area contributed by atoms with E-state index in [2.05, 4.69) is 27.9 Å². The van der Waals surface area contributed by atoms with Gasteiger partial charge in [0.15, 0.2) is 5.16 Å². The zero-order valence-electron chi connectivity index (χ0n) is 13.2. The third kappa shape index (κ3) is 4.48. The van der Waals surface area contributed by atoms with Crippen LogP contribution in [-0.2, 0) is 16.1 Å².